The van der Waals surface area contributed by atoms with Crippen LogP contribution in [-0.2, 0) is 4.79 Å². The molecule has 2 aromatic heterocycles. The van der Waals surface area contributed by atoms with E-state index in [1.165, 1.54) is 18.2 Å². The van der Waals surface area contributed by atoms with Gasteiger partial charge >= 0.3 is 0 Å². The number of ether oxygens (including phenoxy) is 1. The Bertz CT molecular complexity index is 1500. The fourth-order valence-electron chi connectivity index (χ4n) is 4.66. The molecule has 1 amide bonds. The maximum atomic E-state index is 13.8. The van der Waals surface area contributed by atoms with E-state index in [1.54, 1.807) is 36.0 Å². The number of likely N-dealkylation sites (tertiary alicyclic amines) is 1. The van der Waals surface area contributed by atoms with Crippen LogP contribution in [-0.4, -0.2) is 70.7 Å². The summed E-state index contributed by atoms with van der Waals surface area (Å²) in [6.45, 7) is 5.51. The Morgan fingerprint density at radius 2 is 2.11 bits per heavy atom. The number of aromatic nitrogens is 4. The van der Waals surface area contributed by atoms with Gasteiger partial charge in [-0.15, -0.1) is 10.2 Å². The highest BCUT2D eigenvalue weighted by Gasteiger charge is 2.26. The monoisotopic (exact) mass is 516 g/mol. The second-order valence-corrected chi connectivity index (χ2v) is 9.24. The molecule has 0 saturated carbocycles. The summed E-state index contributed by atoms with van der Waals surface area (Å²) in [5.41, 5.74) is 3.14. The first-order valence-electron chi connectivity index (χ1n) is 12.2. The van der Waals surface area contributed by atoms with E-state index >= 15 is 0 Å². The number of hydrogen-bond acceptors (Lipinski definition) is 8. The molecule has 1 unspecified atom stereocenters. The Kier molecular flexibility index (Phi) is 6.93. The Morgan fingerprint density at radius 1 is 1.26 bits per heavy atom. The predicted octanol–water partition coefficient (Wildman–Crippen LogP) is 3.95. The molecule has 38 heavy (non-hydrogen) atoms. The molecule has 2 aromatic carbocycles. The Morgan fingerprint density at radius 3 is 2.82 bits per heavy atom. The summed E-state index contributed by atoms with van der Waals surface area (Å²) >= 11 is 0. The van der Waals surface area contributed by atoms with Gasteiger partial charge in [-0.1, -0.05) is 18.7 Å². The second-order valence-electron chi connectivity index (χ2n) is 9.24. The molecule has 1 fully saturated rings. The van der Waals surface area contributed by atoms with Crippen LogP contribution in [0.5, 0.6) is 5.75 Å². The molecule has 1 saturated heterocycles. The molecule has 3 heterocycles. The SMILES string of the molecule is C=CC(=O)Nc1cc(Nc2cn3c(-c4cccc(F)c4)nnc3cn2)c(OC)cc1N(C)C1CCN(C)C1. The molecule has 0 radical (unpaired) electrons. The zero-order chi connectivity index (χ0) is 26.8. The third kappa shape index (κ3) is 5.00. The molecule has 1 aliphatic rings. The number of carbonyl (C=O) groups excluding carboxylic acids is 1. The number of nitrogens with zero attached hydrogens (tertiary/aromatic N) is 6. The smallest absolute Gasteiger partial charge is 0.247 e. The Labute approximate surface area is 219 Å². The number of halogens is 1. The van der Waals surface area contributed by atoms with E-state index in [2.05, 4.69) is 49.2 Å². The summed E-state index contributed by atoms with van der Waals surface area (Å²) in [7, 11) is 5.71. The lowest BCUT2D eigenvalue weighted by Crippen LogP contribution is -2.34. The zero-order valence-electron chi connectivity index (χ0n) is 21.5. The average molecular weight is 517 g/mol. The predicted molar refractivity (Wildman–Crippen MR) is 146 cm³/mol. The van der Waals surface area contributed by atoms with Crippen LogP contribution in [0.15, 0.2) is 61.4 Å². The number of carbonyl (C=O) groups is 1. The van der Waals surface area contributed by atoms with Crippen molar-refractivity contribution in [3.63, 3.8) is 0 Å². The minimum Gasteiger partial charge on any atom is -0.494 e. The minimum atomic E-state index is -0.361. The minimum absolute atomic E-state index is 0.293. The standard InChI is InChI=1S/C27H29FN8O2/c1-5-26(37)31-20-12-21(23(38-4)13-22(20)35(3)19-9-10-34(2)15-19)30-24-16-36-25(14-29-24)32-33-27(36)17-7-6-8-18(28)11-17/h5-8,11-14,16,19,30H,1,9-10,15H2,2-4H3,(H,31,37). The second kappa shape index (κ2) is 10.5. The average Bonchev–Trinajstić information content (AvgIpc) is 3.54. The van der Waals surface area contributed by atoms with Gasteiger partial charge < -0.3 is 25.2 Å². The van der Waals surface area contributed by atoms with Crippen molar-refractivity contribution in [2.75, 3.05) is 49.8 Å². The Balaban J connectivity index is 1.52. The van der Waals surface area contributed by atoms with Gasteiger partial charge in [-0.05, 0) is 44.3 Å². The maximum absolute atomic E-state index is 13.8. The van der Waals surface area contributed by atoms with Crippen LogP contribution in [0, 0.1) is 5.82 Å². The van der Waals surface area contributed by atoms with Crippen LogP contribution in [0.4, 0.5) is 27.3 Å². The topological polar surface area (TPSA) is 99.9 Å². The van der Waals surface area contributed by atoms with E-state index in [0.717, 1.165) is 25.2 Å². The van der Waals surface area contributed by atoms with Crippen molar-refractivity contribution < 1.29 is 13.9 Å². The summed E-state index contributed by atoms with van der Waals surface area (Å²) in [6.07, 6.45) is 5.55. The van der Waals surface area contributed by atoms with E-state index in [4.69, 9.17) is 4.74 Å². The number of likely N-dealkylation sites (N-methyl/N-ethyl adjacent to an activating group) is 2. The molecule has 0 bridgehead atoms. The number of anilines is 4. The van der Waals surface area contributed by atoms with E-state index in [9.17, 15) is 9.18 Å². The number of amides is 1. The van der Waals surface area contributed by atoms with Gasteiger partial charge in [-0.2, -0.15) is 0 Å². The highest BCUT2D eigenvalue weighted by Crippen LogP contribution is 2.39. The third-order valence-corrected chi connectivity index (χ3v) is 6.69. The van der Waals surface area contributed by atoms with Crippen LogP contribution < -0.4 is 20.3 Å². The fourth-order valence-corrected chi connectivity index (χ4v) is 4.66. The van der Waals surface area contributed by atoms with Gasteiger partial charge in [0.2, 0.25) is 5.91 Å². The number of methoxy groups -OCH3 is 1. The lowest BCUT2D eigenvalue weighted by atomic mass is 10.1. The van der Waals surface area contributed by atoms with Crippen LogP contribution in [0.25, 0.3) is 17.0 Å². The van der Waals surface area contributed by atoms with Gasteiger partial charge in [-0.25, -0.2) is 9.37 Å². The maximum Gasteiger partial charge on any atom is 0.247 e. The molecule has 11 heteroatoms. The number of fused-ring (bicyclic) bond motifs is 1. The van der Waals surface area contributed by atoms with E-state index < -0.39 is 0 Å². The van der Waals surface area contributed by atoms with Crippen molar-refractivity contribution in [1.82, 2.24) is 24.5 Å². The highest BCUT2D eigenvalue weighted by atomic mass is 19.1. The molecule has 2 N–H and O–H groups in total. The van der Waals surface area contributed by atoms with Crippen molar-refractivity contribution in [3.05, 3.63) is 67.3 Å². The van der Waals surface area contributed by atoms with Gasteiger partial charge in [0.15, 0.2) is 11.5 Å². The summed E-state index contributed by atoms with van der Waals surface area (Å²) < 4.78 is 21.3. The fraction of sp³-hybridized carbons (Fsp3) is 0.259. The van der Waals surface area contributed by atoms with Crippen molar-refractivity contribution in [2.24, 2.45) is 0 Å². The van der Waals surface area contributed by atoms with Crippen LogP contribution in [0.2, 0.25) is 0 Å². The van der Waals surface area contributed by atoms with E-state index in [-0.39, 0.29) is 11.7 Å². The lowest BCUT2D eigenvalue weighted by Gasteiger charge is -2.29. The van der Waals surface area contributed by atoms with Gasteiger partial charge in [0, 0.05) is 31.3 Å². The van der Waals surface area contributed by atoms with Gasteiger partial charge in [0.1, 0.15) is 17.4 Å². The molecule has 1 atom stereocenters. The van der Waals surface area contributed by atoms with Gasteiger partial charge in [-0.3, -0.25) is 9.20 Å². The van der Waals surface area contributed by atoms with Crippen molar-refractivity contribution in [2.45, 2.75) is 12.5 Å². The molecular formula is C27H29FN8O2. The molecule has 5 rings (SSSR count). The molecule has 10 nitrogen and oxygen atoms in total. The largest absolute Gasteiger partial charge is 0.494 e. The first kappa shape index (κ1) is 25.2. The molecule has 4 aromatic rings. The number of benzene rings is 2. The quantitative estimate of drug-likeness (QED) is 0.340. The van der Waals surface area contributed by atoms with Crippen molar-refractivity contribution in [1.29, 1.82) is 0 Å². The molecule has 0 aliphatic carbocycles. The molecular weight excluding hydrogens is 487 g/mol. The lowest BCUT2D eigenvalue weighted by molar-refractivity contribution is -0.111. The first-order valence-corrected chi connectivity index (χ1v) is 12.2. The third-order valence-electron chi connectivity index (χ3n) is 6.69. The van der Waals surface area contributed by atoms with E-state index in [1.807, 2.05) is 19.2 Å². The molecule has 196 valence electrons. The molecule has 1 aliphatic heterocycles. The van der Waals surface area contributed by atoms with Gasteiger partial charge in [0.05, 0.1) is 36.6 Å². The van der Waals surface area contributed by atoms with Crippen molar-refractivity contribution in [3.8, 4) is 17.1 Å². The number of hydrogen-bond donors (Lipinski definition) is 2. The summed E-state index contributed by atoms with van der Waals surface area (Å²) in [5, 5.41) is 14.6. The van der Waals surface area contributed by atoms with Crippen LogP contribution in [0.1, 0.15) is 6.42 Å². The Hall–Kier alpha value is -4.51. The van der Waals surface area contributed by atoms with Crippen LogP contribution in [0.3, 0.4) is 0 Å². The van der Waals surface area contributed by atoms with E-state index in [0.29, 0.717) is 46.0 Å². The first-order chi connectivity index (χ1) is 18.4. The summed E-state index contributed by atoms with van der Waals surface area (Å²) in [4.78, 5) is 21.2. The van der Waals surface area contributed by atoms with Crippen molar-refractivity contribution >= 4 is 34.4 Å². The van der Waals surface area contributed by atoms with Crippen LogP contribution >= 0.6 is 0 Å². The highest BCUT2D eigenvalue weighted by molar-refractivity contribution is 6.02. The number of nitrogens with one attached hydrogen (secondary N) is 2. The summed E-state index contributed by atoms with van der Waals surface area (Å²) in [5.74, 6) is 0.857. The normalized spacial score (nSPS) is 15.4. The molecule has 0 spiro atoms. The zero-order valence-corrected chi connectivity index (χ0v) is 21.5. The summed E-state index contributed by atoms with van der Waals surface area (Å²) in [6, 6.07) is 10.2. The number of rotatable bonds is 8. The van der Waals surface area contributed by atoms with Gasteiger partial charge in [0.25, 0.3) is 0 Å².